The minimum absolute atomic E-state index is 0.0123. The van der Waals surface area contributed by atoms with Crippen LogP contribution < -0.4 is 10.9 Å². The van der Waals surface area contributed by atoms with Gasteiger partial charge in [0, 0.05) is 18.2 Å². The highest BCUT2D eigenvalue weighted by Gasteiger charge is 2.42. The summed E-state index contributed by atoms with van der Waals surface area (Å²) in [6.45, 7) is 3.78. The standard InChI is InChI=1S/C30H34N8O3S/c1-3-42(40,41)21-11-10-20(31-14-21)13-32-28-30(39)38(24-6-4-5-18-9-12-22(18)24)29-23(36-28)15-33-27(37-29)25-17(2)34-16-35-26(25)19-7-8-19/h10-11,14-16,18-19,22,24H,3-9,12-13H2,1-2H3,(H,32,36)/t18?,22-,24-/m1/s1. The summed E-state index contributed by atoms with van der Waals surface area (Å²) in [4.78, 5) is 42.1. The number of fused-ring (bicyclic) bond motifs is 2. The van der Waals surface area contributed by atoms with Crippen LogP contribution in [0.5, 0.6) is 0 Å². The molecule has 0 radical (unpaired) electrons. The molecule has 11 nitrogen and oxygen atoms in total. The summed E-state index contributed by atoms with van der Waals surface area (Å²) in [6.07, 6.45) is 12.4. The van der Waals surface area contributed by atoms with Gasteiger partial charge in [0.25, 0.3) is 5.56 Å². The normalized spacial score (nSPS) is 22.0. The van der Waals surface area contributed by atoms with Crippen molar-refractivity contribution < 1.29 is 8.42 Å². The Hall–Kier alpha value is -3.80. The molecule has 0 bridgehead atoms. The maximum absolute atomic E-state index is 14.2. The molecule has 218 valence electrons. The van der Waals surface area contributed by atoms with Gasteiger partial charge in [0.05, 0.1) is 46.0 Å². The number of aromatic nitrogens is 7. The Bertz CT molecular complexity index is 1840. The van der Waals surface area contributed by atoms with Gasteiger partial charge >= 0.3 is 0 Å². The fourth-order valence-electron chi connectivity index (χ4n) is 6.60. The smallest absolute Gasteiger partial charge is 0.295 e. The SMILES string of the molecule is CCS(=O)(=O)c1ccc(CNc2nc3cnc(-c4c(C)ncnc4C4CC4)nc3n([C@@H]3CCCC4CC[C@H]43)c2=O)nc1. The van der Waals surface area contributed by atoms with E-state index in [2.05, 4.69) is 25.3 Å². The van der Waals surface area contributed by atoms with Crippen molar-refractivity contribution in [2.75, 3.05) is 11.1 Å². The third kappa shape index (κ3) is 4.75. The first kappa shape index (κ1) is 27.1. The summed E-state index contributed by atoms with van der Waals surface area (Å²) in [7, 11) is -3.34. The summed E-state index contributed by atoms with van der Waals surface area (Å²) >= 11 is 0. The van der Waals surface area contributed by atoms with E-state index >= 15 is 0 Å². The van der Waals surface area contributed by atoms with E-state index in [1.165, 1.54) is 19.0 Å². The summed E-state index contributed by atoms with van der Waals surface area (Å²) < 4.78 is 26.2. The molecule has 3 saturated carbocycles. The lowest BCUT2D eigenvalue weighted by Crippen LogP contribution is -2.42. The monoisotopic (exact) mass is 586 g/mol. The van der Waals surface area contributed by atoms with Gasteiger partial charge < -0.3 is 5.32 Å². The first-order valence-electron chi connectivity index (χ1n) is 14.9. The Morgan fingerprint density at radius 2 is 1.83 bits per heavy atom. The van der Waals surface area contributed by atoms with Gasteiger partial charge in [-0.3, -0.25) is 14.3 Å². The topological polar surface area (TPSA) is 146 Å². The molecule has 0 spiro atoms. The minimum Gasteiger partial charge on any atom is -0.360 e. The van der Waals surface area contributed by atoms with Gasteiger partial charge in [0.15, 0.2) is 27.1 Å². The molecule has 3 fully saturated rings. The number of hydrogen-bond acceptors (Lipinski definition) is 10. The lowest BCUT2D eigenvalue weighted by atomic mass is 9.63. The van der Waals surface area contributed by atoms with Crippen LogP contribution in [0.1, 0.15) is 80.9 Å². The lowest BCUT2D eigenvalue weighted by molar-refractivity contribution is 0.0589. The van der Waals surface area contributed by atoms with Crippen molar-refractivity contribution in [3.63, 3.8) is 0 Å². The maximum Gasteiger partial charge on any atom is 0.295 e. The van der Waals surface area contributed by atoms with E-state index in [9.17, 15) is 13.2 Å². The molecular formula is C30H34N8O3S. The van der Waals surface area contributed by atoms with Crippen LogP contribution in [-0.2, 0) is 16.4 Å². The van der Waals surface area contributed by atoms with E-state index in [1.54, 1.807) is 31.6 Å². The summed E-state index contributed by atoms with van der Waals surface area (Å²) in [5.74, 6) is 2.25. The van der Waals surface area contributed by atoms with Gasteiger partial charge in [0.2, 0.25) is 0 Å². The van der Waals surface area contributed by atoms with Gasteiger partial charge in [-0.15, -0.1) is 0 Å². The molecule has 3 aliphatic rings. The van der Waals surface area contributed by atoms with Crippen LogP contribution in [0.4, 0.5) is 5.82 Å². The van der Waals surface area contributed by atoms with Crippen molar-refractivity contribution in [1.29, 1.82) is 0 Å². The zero-order chi connectivity index (χ0) is 29.0. The number of pyridine rings is 1. The number of aryl methyl sites for hydroxylation is 1. The molecule has 4 heterocycles. The van der Waals surface area contributed by atoms with Gasteiger partial charge in [-0.2, -0.15) is 0 Å². The molecule has 42 heavy (non-hydrogen) atoms. The van der Waals surface area contributed by atoms with Crippen LogP contribution in [0.15, 0.2) is 40.5 Å². The first-order chi connectivity index (χ1) is 20.3. The molecule has 0 saturated heterocycles. The van der Waals surface area contributed by atoms with Crippen LogP contribution in [0, 0.1) is 18.8 Å². The average Bonchev–Trinajstić information content (AvgIpc) is 3.82. The molecule has 0 aromatic carbocycles. The van der Waals surface area contributed by atoms with Crippen LogP contribution in [0.3, 0.4) is 0 Å². The van der Waals surface area contributed by atoms with Crippen molar-refractivity contribution in [3.8, 4) is 11.4 Å². The van der Waals surface area contributed by atoms with Gasteiger partial charge in [0.1, 0.15) is 11.8 Å². The Labute approximate surface area is 244 Å². The molecule has 3 aliphatic carbocycles. The molecule has 1 N–H and O–H groups in total. The second-order valence-corrected chi connectivity index (χ2v) is 14.1. The number of anilines is 1. The minimum atomic E-state index is -3.34. The fraction of sp³-hybridized carbons (Fsp3) is 0.500. The number of sulfone groups is 1. The van der Waals surface area contributed by atoms with Gasteiger partial charge in [-0.05, 0) is 63.0 Å². The molecule has 12 heteroatoms. The van der Waals surface area contributed by atoms with Gasteiger partial charge in [-0.25, -0.2) is 33.3 Å². The highest BCUT2D eigenvalue weighted by atomic mass is 32.2. The zero-order valence-electron chi connectivity index (χ0n) is 23.8. The highest BCUT2D eigenvalue weighted by molar-refractivity contribution is 7.91. The molecule has 4 aromatic heterocycles. The van der Waals surface area contributed by atoms with Crippen LogP contribution >= 0.6 is 0 Å². The van der Waals surface area contributed by atoms with E-state index in [0.717, 1.165) is 49.1 Å². The predicted molar refractivity (Wildman–Crippen MR) is 158 cm³/mol. The molecule has 0 amide bonds. The Morgan fingerprint density at radius 3 is 2.55 bits per heavy atom. The molecule has 7 rings (SSSR count). The zero-order valence-corrected chi connectivity index (χ0v) is 24.6. The number of rotatable bonds is 8. The molecule has 4 aromatic rings. The second kappa shape index (κ2) is 10.5. The number of hydrogen-bond donors (Lipinski definition) is 1. The van der Waals surface area contributed by atoms with Crippen molar-refractivity contribution in [1.82, 2.24) is 34.5 Å². The average molecular weight is 587 g/mol. The summed E-state index contributed by atoms with van der Waals surface area (Å²) in [6, 6.07) is 3.26. The van der Waals surface area contributed by atoms with Crippen LogP contribution in [-0.4, -0.2) is 48.6 Å². The van der Waals surface area contributed by atoms with Crippen LogP contribution in [0.2, 0.25) is 0 Å². The molecular weight excluding hydrogens is 552 g/mol. The summed E-state index contributed by atoms with van der Waals surface area (Å²) in [5, 5.41) is 3.17. The van der Waals surface area contributed by atoms with E-state index in [1.807, 2.05) is 11.5 Å². The summed E-state index contributed by atoms with van der Waals surface area (Å²) in [5.41, 5.74) is 4.14. The largest absolute Gasteiger partial charge is 0.360 e. The van der Waals surface area contributed by atoms with Crippen molar-refractivity contribution in [2.45, 2.75) is 82.2 Å². The van der Waals surface area contributed by atoms with E-state index in [4.69, 9.17) is 9.97 Å². The van der Waals surface area contributed by atoms with E-state index in [0.29, 0.717) is 40.4 Å². The number of nitrogens with zero attached hydrogens (tertiary/aromatic N) is 7. The first-order valence-corrected chi connectivity index (χ1v) is 16.5. The highest BCUT2D eigenvalue weighted by Crippen LogP contribution is 2.50. The van der Waals surface area contributed by atoms with Crippen LogP contribution in [0.25, 0.3) is 22.6 Å². The van der Waals surface area contributed by atoms with E-state index in [-0.39, 0.29) is 34.6 Å². The van der Waals surface area contributed by atoms with Crippen molar-refractivity contribution >= 4 is 26.8 Å². The van der Waals surface area contributed by atoms with Crippen molar-refractivity contribution in [3.05, 3.63) is 58.3 Å². The second-order valence-electron chi connectivity index (χ2n) is 11.8. The fourth-order valence-corrected chi connectivity index (χ4v) is 7.43. The third-order valence-electron chi connectivity index (χ3n) is 9.24. The number of nitrogens with one attached hydrogen (secondary N) is 1. The predicted octanol–water partition coefficient (Wildman–Crippen LogP) is 4.38. The molecule has 0 aliphatic heterocycles. The van der Waals surface area contributed by atoms with Gasteiger partial charge in [-0.1, -0.05) is 19.8 Å². The Kier molecular flexibility index (Phi) is 6.75. The molecule has 3 atom stereocenters. The quantitative estimate of drug-likeness (QED) is 0.316. The Balaban J connectivity index is 1.30. The third-order valence-corrected chi connectivity index (χ3v) is 11.0. The Morgan fingerprint density at radius 1 is 0.976 bits per heavy atom. The van der Waals surface area contributed by atoms with E-state index < -0.39 is 9.84 Å². The maximum atomic E-state index is 14.2. The lowest BCUT2D eigenvalue weighted by Gasteiger charge is -2.46. The molecule has 1 unspecified atom stereocenters. The van der Waals surface area contributed by atoms with Crippen molar-refractivity contribution in [2.24, 2.45) is 11.8 Å².